The molecular weight excluding hydrogens is 194 g/mol. The Morgan fingerprint density at radius 1 is 1.33 bits per heavy atom. The number of anilines is 1. The number of aliphatic hydroxyl groups is 1. The summed E-state index contributed by atoms with van der Waals surface area (Å²) in [5.74, 6) is 0.504. The molecule has 6 heteroatoms. The SMILES string of the molecule is Nc1cc(-c2cnccn2)nn1CCO. The molecule has 15 heavy (non-hydrogen) atoms. The lowest BCUT2D eigenvalue weighted by Crippen LogP contribution is -2.07. The summed E-state index contributed by atoms with van der Waals surface area (Å²) in [6.07, 6.45) is 4.80. The van der Waals surface area contributed by atoms with E-state index in [2.05, 4.69) is 15.1 Å². The predicted molar refractivity (Wildman–Crippen MR) is 54.8 cm³/mol. The number of hydrogen-bond donors (Lipinski definition) is 2. The molecule has 0 saturated carbocycles. The van der Waals surface area contributed by atoms with E-state index in [4.69, 9.17) is 10.8 Å². The Morgan fingerprint density at radius 3 is 2.87 bits per heavy atom. The lowest BCUT2D eigenvalue weighted by molar-refractivity contribution is 0.270. The Kier molecular flexibility index (Phi) is 2.59. The second kappa shape index (κ2) is 4.05. The molecule has 0 atom stereocenters. The van der Waals surface area contributed by atoms with Gasteiger partial charge in [-0.15, -0.1) is 0 Å². The van der Waals surface area contributed by atoms with Gasteiger partial charge in [-0.1, -0.05) is 0 Å². The van der Waals surface area contributed by atoms with Crippen LogP contribution in [-0.2, 0) is 6.54 Å². The number of hydrogen-bond acceptors (Lipinski definition) is 5. The highest BCUT2D eigenvalue weighted by molar-refractivity contribution is 5.56. The fourth-order valence-electron chi connectivity index (χ4n) is 1.26. The van der Waals surface area contributed by atoms with Crippen LogP contribution in [0.3, 0.4) is 0 Å². The number of nitrogens with zero attached hydrogens (tertiary/aromatic N) is 4. The van der Waals surface area contributed by atoms with E-state index in [1.165, 1.54) is 4.68 Å². The lowest BCUT2D eigenvalue weighted by Gasteiger charge is -1.98. The van der Waals surface area contributed by atoms with Gasteiger partial charge < -0.3 is 10.8 Å². The van der Waals surface area contributed by atoms with Gasteiger partial charge in [0.1, 0.15) is 17.2 Å². The molecule has 0 aromatic carbocycles. The number of aliphatic hydroxyl groups excluding tert-OH is 1. The van der Waals surface area contributed by atoms with Gasteiger partial charge in [-0.25, -0.2) is 4.68 Å². The fourth-order valence-corrected chi connectivity index (χ4v) is 1.26. The zero-order chi connectivity index (χ0) is 10.7. The van der Waals surface area contributed by atoms with Gasteiger partial charge in [-0.2, -0.15) is 5.10 Å². The van der Waals surface area contributed by atoms with Gasteiger partial charge in [0.25, 0.3) is 0 Å². The third-order valence-electron chi connectivity index (χ3n) is 1.95. The van der Waals surface area contributed by atoms with Gasteiger partial charge >= 0.3 is 0 Å². The van der Waals surface area contributed by atoms with Crippen molar-refractivity contribution in [2.75, 3.05) is 12.3 Å². The Labute approximate surface area is 86.4 Å². The fraction of sp³-hybridized carbons (Fsp3) is 0.222. The summed E-state index contributed by atoms with van der Waals surface area (Å²) in [5, 5.41) is 13.0. The van der Waals surface area contributed by atoms with E-state index in [1.807, 2.05) is 0 Å². The minimum absolute atomic E-state index is 0.00574. The number of rotatable bonds is 3. The normalized spacial score (nSPS) is 10.5. The largest absolute Gasteiger partial charge is 0.394 e. The van der Waals surface area contributed by atoms with E-state index in [9.17, 15) is 0 Å². The Morgan fingerprint density at radius 2 is 2.20 bits per heavy atom. The summed E-state index contributed by atoms with van der Waals surface area (Å²) in [6, 6.07) is 1.71. The second-order valence-corrected chi connectivity index (χ2v) is 2.99. The van der Waals surface area contributed by atoms with Crippen LogP contribution >= 0.6 is 0 Å². The maximum atomic E-state index is 8.78. The van der Waals surface area contributed by atoms with Gasteiger partial charge in [0.15, 0.2) is 0 Å². The lowest BCUT2D eigenvalue weighted by atomic mass is 10.3. The van der Waals surface area contributed by atoms with E-state index < -0.39 is 0 Å². The molecule has 2 heterocycles. The van der Waals surface area contributed by atoms with Crippen molar-refractivity contribution >= 4 is 5.82 Å². The maximum Gasteiger partial charge on any atom is 0.122 e. The van der Waals surface area contributed by atoms with Gasteiger partial charge in [0.2, 0.25) is 0 Å². The molecule has 2 aromatic rings. The molecular formula is C9H11N5O. The van der Waals surface area contributed by atoms with Crippen LogP contribution in [-0.4, -0.2) is 31.5 Å². The van der Waals surface area contributed by atoms with E-state index in [0.717, 1.165) is 0 Å². The summed E-state index contributed by atoms with van der Waals surface area (Å²) in [7, 11) is 0. The van der Waals surface area contributed by atoms with Crippen molar-refractivity contribution < 1.29 is 5.11 Å². The molecule has 0 amide bonds. The molecule has 0 saturated heterocycles. The van der Waals surface area contributed by atoms with E-state index >= 15 is 0 Å². The highest BCUT2D eigenvalue weighted by Gasteiger charge is 2.07. The van der Waals surface area contributed by atoms with Crippen LogP contribution in [0.2, 0.25) is 0 Å². The van der Waals surface area contributed by atoms with Crippen LogP contribution in [0.15, 0.2) is 24.7 Å². The summed E-state index contributed by atoms with van der Waals surface area (Å²) in [5.41, 5.74) is 7.03. The molecule has 0 aliphatic heterocycles. The van der Waals surface area contributed by atoms with Crippen molar-refractivity contribution in [3.05, 3.63) is 24.7 Å². The topological polar surface area (TPSA) is 89.9 Å². The van der Waals surface area contributed by atoms with Crippen molar-refractivity contribution in [3.63, 3.8) is 0 Å². The van der Waals surface area contributed by atoms with E-state index in [0.29, 0.717) is 23.8 Å². The molecule has 0 aliphatic carbocycles. The highest BCUT2D eigenvalue weighted by atomic mass is 16.3. The number of nitrogen functional groups attached to an aromatic ring is 1. The molecule has 78 valence electrons. The first-order chi connectivity index (χ1) is 7.31. The van der Waals surface area contributed by atoms with Crippen molar-refractivity contribution in [2.24, 2.45) is 0 Å². The standard InChI is InChI=1S/C9H11N5O/c10-9-5-7(13-14(9)3-4-15)8-6-11-1-2-12-8/h1-2,5-6,15H,3-4,10H2. The molecule has 2 rings (SSSR count). The molecule has 6 nitrogen and oxygen atoms in total. The van der Waals surface area contributed by atoms with Crippen LogP contribution in [0.1, 0.15) is 0 Å². The highest BCUT2D eigenvalue weighted by Crippen LogP contribution is 2.16. The second-order valence-electron chi connectivity index (χ2n) is 2.99. The first kappa shape index (κ1) is 9.60. The molecule has 0 aliphatic rings. The van der Waals surface area contributed by atoms with Gasteiger partial charge in [-0.3, -0.25) is 9.97 Å². The molecule has 0 unspecified atom stereocenters. The average Bonchev–Trinajstić information content (AvgIpc) is 2.63. The van der Waals surface area contributed by atoms with Gasteiger partial charge in [0.05, 0.1) is 19.3 Å². The number of aromatic nitrogens is 4. The molecule has 3 N–H and O–H groups in total. The maximum absolute atomic E-state index is 8.78. The van der Waals surface area contributed by atoms with Gasteiger partial charge in [-0.05, 0) is 0 Å². The molecule has 0 fully saturated rings. The minimum atomic E-state index is 0.00574. The summed E-state index contributed by atoms with van der Waals surface area (Å²) in [4.78, 5) is 8.05. The van der Waals surface area contributed by atoms with Crippen LogP contribution in [0.25, 0.3) is 11.4 Å². The van der Waals surface area contributed by atoms with Crippen molar-refractivity contribution in [1.82, 2.24) is 19.7 Å². The summed E-state index contributed by atoms with van der Waals surface area (Å²) < 4.78 is 1.53. The Hall–Kier alpha value is -1.95. The monoisotopic (exact) mass is 205 g/mol. The van der Waals surface area contributed by atoms with Crippen LogP contribution in [0, 0.1) is 0 Å². The third kappa shape index (κ3) is 1.94. The Bertz CT molecular complexity index is 439. The molecule has 0 radical (unpaired) electrons. The van der Waals surface area contributed by atoms with E-state index in [1.54, 1.807) is 24.7 Å². The van der Waals surface area contributed by atoms with Crippen LogP contribution < -0.4 is 5.73 Å². The van der Waals surface area contributed by atoms with Crippen molar-refractivity contribution in [2.45, 2.75) is 6.54 Å². The van der Waals surface area contributed by atoms with Crippen LogP contribution in [0.4, 0.5) is 5.82 Å². The third-order valence-corrected chi connectivity index (χ3v) is 1.95. The van der Waals surface area contributed by atoms with Gasteiger partial charge in [0, 0.05) is 18.5 Å². The Balaban J connectivity index is 2.34. The minimum Gasteiger partial charge on any atom is -0.394 e. The predicted octanol–water partition coefficient (Wildman–Crippen LogP) is -0.0854. The first-order valence-electron chi connectivity index (χ1n) is 4.52. The smallest absolute Gasteiger partial charge is 0.122 e. The zero-order valence-corrected chi connectivity index (χ0v) is 8.04. The quantitative estimate of drug-likeness (QED) is 0.731. The van der Waals surface area contributed by atoms with Crippen molar-refractivity contribution in [3.8, 4) is 11.4 Å². The molecule has 2 aromatic heterocycles. The zero-order valence-electron chi connectivity index (χ0n) is 8.04. The van der Waals surface area contributed by atoms with E-state index in [-0.39, 0.29) is 6.61 Å². The van der Waals surface area contributed by atoms with Crippen molar-refractivity contribution in [1.29, 1.82) is 0 Å². The average molecular weight is 205 g/mol. The number of nitrogens with two attached hydrogens (primary N) is 1. The molecule has 0 bridgehead atoms. The summed E-state index contributed by atoms with van der Waals surface area (Å²) in [6.45, 7) is 0.387. The van der Waals surface area contributed by atoms with Crippen LogP contribution in [0.5, 0.6) is 0 Å². The molecule has 0 spiro atoms. The summed E-state index contributed by atoms with van der Waals surface area (Å²) >= 11 is 0. The first-order valence-corrected chi connectivity index (χ1v) is 4.52.